The Hall–Kier alpha value is -3.78. The molecule has 2 amide bonds. The number of nitrogens with zero attached hydrogens (tertiary/aromatic N) is 4. The van der Waals surface area contributed by atoms with Crippen LogP contribution in [0.3, 0.4) is 0 Å². The molecule has 39 heavy (non-hydrogen) atoms. The number of amides is 2. The van der Waals surface area contributed by atoms with Crippen LogP contribution in [0.2, 0.25) is 0 Å². The zero-order valence-electron chi connectivity index (χ0n) is 24.2. The number of hydrogen-bond donors (Lipinski definition) is 1. The first-order valence-corrected chi connectivity index (χ1v) is 13.6. The molecule has 1 N–H and O–H groups in total. The number of ether oxygens (including phenoxy) is 1. The van der Waals surface area contributed by atoms with Crippen LogP contribution in [-0.2, 0) is 7.05 Å². The fourth-order valence-electron chi connectivity index (χ4n) is 5.05. The smallest absolute Gasteiger partial charge is 0.269 e. The van der Waals surface area contributed by atoms with Crippen LogP contribution in [0.25, 0.3) is 11.1 Å². The van der Waals surface area contributed by atoms with Crippen molar-refractivity contribution < 1.29 is 14.3 Å². The van der Waals surface area contributed by atoms with Crippen LogP contribution < -0.4 is 15.0 Å². The first-order valence-electron chi connectivity index (χ1n) is 13.6. The first kappa shape index (κ1) is 28.2. The van der Waals surface area contributed by atoms with E-state index in [0.717, 1.165) is 60.7 Å². The van der Waals surface area contributed by atoms with Crippen LogP contribution in [0.1, 0.15) is 51.9 Å². The van der Waals surface area contributed by atoms with Gasteiger partial charge in [0.1, 0.15) is 11.4 Å². The minimum absolute atomic E-state index is 0.0580. The number of hydrogen-bond acceptors (Lipinski definition) is 5. The Balaban J connectivity index is 1.55. The predicted molar refractivity (Wildman–Crippen MR) is 157 cm³/mol. The maximum Gasteiger partial charge on any atom is 0.269 e. The Morgan fingerprint density at radius 3 is 2.38 bits per heavy atom. The third-order valence-electron chi connectivity index (χ3n) is 7.63. The van der Waals surface area contributed by atoms with E-state index in [0.29, 0.717) is 17.0 Å². The number of carbonyl (C=O) groups excluding carboxylic acids is 2. The molecule has 0 radical (unpaired) electrons. The molecule has 208 valence electrons. The second-order valence-electron chi connectivity index (χ2n) is 10.5. The third kappa shape index (κ3) is 6.28. The zero-order valence-corrected chi connectivity index (χ0v) is 24.2. The highest BCUT2D eigenvalue weighted by molar-refractivity contribution is 5.97. The summed E-state index contributed by atoms with van der Waals surface area (Å²) in [4.78, 5) is 32.4. The summed E-state index contributed by atoms with van der Waals surface area (Å²) in [6, 6.07) is 13.7. The van der Waals surface area contributed by atoms with Crippen molar-refractivity contribution in [2.75, 3.05) is 58.8 Å². The minimum Gasteiger partial charge on any atom is -0.497 e. The molecule has 1 fully saturated rings. The van der Waals surface area contributed by atoms with E-state index in [1.54, 1.807) is 26.1 Å². The van der Waals surface area contributed by atoms with Crippen LogP contribution >= 0.6 is 0 Å². The van der Waals surface area contributed by atoms with Crippen LogP contribution in [0.15, 0.2) is 48.7 Å². The monoisotopic (exact) mass is 531 g/mol. The van der Waals surface area contributed by atoms with Crippen molar-refractivity contribution in [2.24, 2.45) is 7.05 Å². The maximum absolute atomic E-state index is 13.5. The highest BCUT2D eigenvalue weighted by Crippen LogP contribution is 2.31. The van der Waals surface area contributed by atoms with Gasteiger partial charge >= 0.3 is 0 Å². The quantitative estimate of drug-likeness (QED) is 0.468. The van der Waals surface area contributed by atoms with E-state index in [1.165, 1.54) is 0 Å². The molecule has 2 aromatic carbocycles. The molecule has 0 aliphatic carbocycles. The molecular weight excluding hydrogens is 490 g/mol. The molecule has 1 saturated heterocycles. The molecule has 4 rings (SSSR count). The molecule has 2 heterocycles. The molecule has 1 atom stereocenters. The third-order valence-corrected chi connectivity index (χ3v) is 7.63. The van der Waals surface area contributed by atoms with Crippen molar-refractivity contribution in [1.82, 2.24) is 19.7 Å². The number of likely N-dealkylation sites (N-methyl/N-ethyl adjacent to an activating group) is 1. The van der Waals surface area contributed by atoms with Gasteiger partial charge < -0.3 is 29.3 Å². The summed E-state index contributed by atoms with van der Waals surface area (Å²) in [5.41, 5.74) is 6.08. The van der Waals surface area contributed by atoms with E-state index in [4.69, 9.17) is 4.74 Å². The summed E-state index contributed by atoms with van der Waals surface area (Å²) in [7, 11) is 6.98. The van der Waals surface area contributed by atoms with Crippen molar-refractivity contribution in [3.05, 3.63) is 71.0 Å². The topological polar surface area (TPSA) is 70.1 Å². The van der Waals surface area contributed by atoms with E-state index < -0.39 is 0 Å². The number of carbonyl (C=O) groups is 2. The lowest BCUT2D eigenvalue weighted by atomic mass is 10.00. The van der Waals surface area contributed by atoms with Crippen molar-refractivity contribution in [3.8, 4) is 16.9 Å². The number of aryl methyl sites for hydroxylation is 2. The zero-order chi connectivity index (χ0) is 28.3. The number of methoxy groups -OCH3 is 1. The molecule has 1 aliphatic heterocycles. The average Bonchev–Trinajstić information content (AvgIpc) is 3.33. The number of anilines is 1. The molecule has 1 unspecified atom stereocenters. The molecule has 0 spiro atoms. The Morgan fingerprint density at radius 2 is 1.74 bits per heavy atom. The summed E-state index contributed by atoms with van der Waals surface area (Å²) < 4.78 is 7.43. The summed E-state index contributed by atoms with van der Waals surface area (Å²) >= 11 is 0. The second-order valence-corrected chi connectivity index (χ2v) is 10.5. The molecular formula is C31H41N5O3. The molecule has 1 aliphatic rings. The molecule has 0 bridgehead atoms. The van der Waals surface area contributed by atoms with Gasteiger partial charge in [-0.25, -0.2) is 0 Å². The lowest BCUT2D eigenvalue weighted by Crippen LogP contribution is -2.46. The highest BCUT2D eigenvalue weighted by Gasteiger charge is 2.20. The highest BCUT2D eigenvalue weighted by atomic mass is 16.5. The number of rotatable bonds is 8. The Morgan fingerprint density at radius 1 is 1.03 bits per heavy atom. The van der Waals surface area contributed by atoms with Gasteiger partial charge in [-0.15, -0.1) is 0 Å². The van der Waals surface area contributed by atoms with Crippen LogP contribution in [0.5, 0.6) is 5.75 Å². The Bertz CT molecular complexity index is 1340. The maximum atomic E-state index is 13.5. The lowest BCUT2D eigenvalue weighted by molar-refractivity contribution is 0.0818. The number of nitrogens with one attached hydrogen (secondary N) is 1. The number of piperazine rings is 1. The Labute approximate surface area is 232 Å². The number of aromatic nitrogens is 1. The largest absolute Gasteiger partial charge is 0.497 e. The summed E-state index contributed by atoms with van der Waals surface area (Å²) in [5, 5.41) is 3.19. The van der Waals surface area contributed by atoms with E-state index in [2.05, 4.69) is 28.1 Å². The minimum atomic E-state index is -0.255. The molecule has 8 heteroatoms. The van der Waals surface area contributed by atoms with Crippen molar-refractivity contribution in [1.29, 1.82) is 0 Å². The standard InChI is InChI=1S/C31H41N5O3/c1-8-35-11-13-36(14-12-35)26-10-9-21(2)28(19-26)30(37)32-22(3)23-15-24(17-27(16-23)39-7)25-18-29(34(6)20-25)31(38)33(4)5/h9-10,15-20,22H,8,11-14H2,1-7H3,(H,32,37). The number of benzene rings is 2. The van der Waals surface area contributed by atoms with E-state index >= 15 is 0 Å². The average molecular weight is 532 g/mol. The van der Waals surface area contributed by atoms with Crippen molar-refractivity contribution in [3.63, 3.8) is 0 Å². The summed E-state index contributed by atoms with van der Waals surface area (Å²) in [6.07, 6.45) is 1.94. The van der Waals surface area contributed by atoms with Gasteiger partial charge in [0.05, 0.1) is 13.2 Å². The van der Waals surface area contributed by atoms with Crippen LogP contribution in [0.4, 0.5) is 5.69 Å². The first-order chi connectivity index (χ1) is 18.6. The van der Waals surface area contributed by atoms with Crippen molar-refractivity contribution >= 4 is 17.5 Å². The van der Waals surface area contributed by atoms with Gasteiger partial charge in [-0.05, 0) is 73.5 Å². The van der Waals surface area contributed by atoms with E-state index in [1.807, 2.05) is 68.1 Å². The SMILES string of the molecule is CCN1CCN(c2ccc(C)c(C(=O)NC(C)c3cc(OC)cc(-c4cc(C(=O)N(C)C)n(C)c4)c3)c2)CC1. The molecule has 8 nitrogen and oxygen atoms in total. The molecule has 3 aromatic rings. The fraction of sp³-hybridized carbons (Fsp3) is 0.419. The molecule has 1 aromatic heterocycles. The van der Waals surface area contributed by atoms with Crippen LogP contribution in [0, 0.1) is 6.92 Å². The van der Waals surface area contributed by atoms with Crippen LogP contribution in [-0.4, -0.2) is 80.1 Å². The summed E-state index contributed by atoms with van der Waals surface area (Å²) in [5.74, 6) is 0.534. The Kier molecular flexibility index (Phi) is 8.65. The lowest BCUT2D eigenvalue weighted by Gasteiger charge is -2.35. The van der Waals surface area contributed by atoms with Gasteiger partial charge in [-0.1, -0.05) is 13.0 Å². The van der Waals surface area contributed by atoms with Gasteiger partial charge in [-0.3, -0.25) is 9.59 Å². The van der Waals surface area contributed by atoms with Gasteiger partial charge in [0.2, 0.25) is 0 Å². The predicted octanol–water partition coefficient (Wildman–Crippen LogP) is 4.34. The van der Waals surface area contributed by atoms with Gasteiger partial charge in [0, 0.05) is 70.3 Å². The van der Waals surface area contributed by atoms with E-state index in [-0.39, 0.29) is 17.9 Å². The molecule has 0 saturated carbocycles. The van der Waals surface area contributed by atoms with Crippen molar-refractivity contribution in [2.45, 2.75) is 26.8 Å². The van der Waals surface area contributed by atoms with Gasteiger partial charge in [-0.2, -0.15) is 0 Å². The second kappa shape index (κ2) is 11.9. The van der Waals surface area contributed by atoms with E-state index in [9.17, 15) is 9.59 Å². The van der Waals surface area contributed by atoms with Gasteiger partial charge in [0.15, 0.2) is 0 Å². The normalized spacial score (nSPS) is 14.7. The fourth-order valence-corrected chi connectivity index (χ4v) is 5.05. The van der Waals surface area contributed by atoms with Gasteiger partial charge in [0.25, 0.3) is 11.8 Å². The summed E-state index contributed by atoms with van der Waals surface area (Å²) in [6.45, 7) is 11.2.